The van der Waals surface area contributed by atoms with Crippen LogP contribution in [0.25, 0.3) is 22.4 Å². The number of nitrogens with zero attached hydrogens (tertiary/aromatic N) is 3. The molecule has 1 saturated heterocycles. The molecule has 2 aliphatic heterocycles. The van der Waals surface area contributed by atoms with E-state index in [-0.39, 0.29) is 17.5 Å². The highest BCUT2D eigenvalue weighted by Crippen LogP contribution is 2.31. The summed E-state index contributed by atoms with van der Waals surface area (Å²) in [6.45, 7) is 6.58. The smallest absolute Gasteiger partial charge is 0.261 e. The molecule has 5 heterocycles. The third kappa shape index (κ3) is 4.79. The fraction of sp³-hybridized carbons (Fsp3) is 0.370. The highest BCUT2D eigenvalue weighted by Gasteiger charge is 2.29. The predicted molar refractivity (Wildman–Crippen MR) is 149 cm³/mol. The molecule has 0 spiro atoms. The highest BCUT2D eigenvalue weighted by molar-refractivity contribution is 7.10. The van der Waals surface area contributed by atoms with Crippen molar-refractivity contribution in [3.63, 3.8) is 0 Å². The standard InChI is InChI=1S/C27H29ClN6O2S/c1-16(12-23-19(28)5-11-37-23)30-20-4-6-29-26(35)24(20)25-31-21-13-17-15-34(10-9-33-7-2-3-8-33)27(36)18(17)14-22(21)32-25/h4-6,11,13-14,16H,2-3,7-10,12,15H2,1H3,(H,31,32)(H2,29,30,35)/t16-/m0/s1. The molecule has 1 aromatic carbocycles. The fourth-order valence-corrected chi connectivity index (χ4v) is 6.59. The maximum absolute atomic E-state index is 13.1. The molecule has 192 valence electrons. The summed E-state index contributed by atoms with van der Waals surface area (Å²) in [7, 11) is 0. The molecule has 0 aliphatic carbocycles. The predicted octanol–water partition coefficient (Wildman–Crippen LogP) is 4.73. The van der Waals surface area contributed by atoms with Gasteiger partial charge in [0.05, 0.1) is 21.7 Å². The Balaban J connectivity index is 1.24. The minimum absolute atomic E-state index is 0.0500. The van der Waals surface area contributed by atoms with Crippen LogP contribution in [0.15, 0.2) is 40.6 Å². The first kappa shape index (κ1) is 24.2. The zero-order valence-corrected chi connectivity index (χ0v) is 22.2. The number of aromatic nitrogens is 3. The lowest BCUT2D eigenvalue weighted by Crippen LogP contribution is -2.33. The summed E-state index contributed by atoms with van der Waals surface area (Å²) in [6, 6.07) is 7.65. The number of halogens is 1. The zero-order chi connectivity index (χ0) is 25.5. The number of likely N-dealkylation sites (tertiary alicyclic amines) is 1. The maximum atomic E-state index is 13.1. The van der Waals surface area contributed by atoms with Crippen LogP contribution in [0.4, 0.5) is 5.69 Å². The molecule has 0 bridgehead atoms. The quantitative estimate of drug-likeness (QED) is 0.302. The average molecular weight is 537 g/mol. The number of carbonyl (C=O) groups is 1. The lowest BCUT2D eigenvalue weighted by molar-refractivity contribution is 0.0763. The number of rotatable bonds is 8. The third-order valence-electron chi connectivity index (χ3n) is 7.25. The van der Waals surface area contributed by atoms with Gasteiger partial charge in [-0.15, -0.1) is 11.3 Å². The summed E-state index contributed by atoms with van der Waals surface area (Å²) >= 11 is 7.90. The van der Waals surface area contributed by atoms with Gasteiger partial charge in [-0.3, -0.25) is 9.59 Å². The SMILES string of the molecule is C[C@@H](Cc1sccc1Cl)Nc1cc[nH]c(=O)c1-c1nc2cc3c(cc2[nH]1)CN(CCN1CCCC1)C3=O. The maximum Gasteiger partial charge on any atom is 0.261 e. The number of fused-ring (bicyclic) bond motifs is 2. The van der Waals surface area contributed by atoms with Crippen molar-refractivity contribution >= 4 is 45.6 Å². The molecule has 1 amide bonds. The normalized spacial score (nSPS) is 16.6. The van der Waals surface area contributed by atoms with Crippen molar-refractivity contribution < 1.29 is 4.79 Å². The van der Waals surface area contributed by atoms with Crippen molar-refractivity contribution in [1.29, 1.82) is 0 Å². The van der Waals surface area contributed by atoms with Crippen molar-refractivity contribution in [3.8, 4) is 11.4 Å². The second kappa shape index (κ2) is 9.96. The van der Waals surface area contributed by atoms with Crippen molar-refractivity contribution in [2.75, 3.05) is 31.5 Å². The average Bonchev–Trinajstić information content (AvgIpc) is 3.66. The lowest BCUT2D eigenvalue weighted by Gasteiger charge is -2.20. The number of hydrogen-bond donors (Lipinski definition) is 3. The first-order valence-corrected chi connectivity index (χ1v) is 14.0. The zero-order valence-electron chi connectivity index (χ0n) is 20.6. The van der Waals surface area contributed by atoms with E-state index in [4.69, 9.17) is 16.6 Å². The molecular weight excluding hydrogens is 508 g/mol. The van der Waals surface area contributed by atoms with E-state index >= 15 is 0 Å². The molecule has 0 unspecified atom stereocenters. The van der Waals surface area contributed by atoms with Gasteiger partial charge in [-0.25, -0.2) is 4.98 Å². The molecule has 10 heteroatoms. The van der Waals surface area contributed by atoms with Crippen molar-refractivity contribution in [3.05, 3.63) is 67.2 Å². The van der Waals surface area contributed by atoms with Crippen LogP contribution in [-0.4, -0.2) is 62.9 Å². The number of hydrogen-bond acceptors (Lipinski definition) is 6. The minimum Gasteiger partial charge on any atom is -0.381 e. The second-order valence-corrected chi connectivity index (χ2v) is 11.3. The Morgan fingerprint density at radius 2 is 2.03 bits per heavy atom. The van der Waals surface area contributed by atoms with E-state index in [1.54, 1.807) is 17.5 Å². The van der Waals surface area contributed by atoms with Gasteiger partial charge in [-0.05, 0) is 68.1 Å². The van der Waals surface area contributed by atoms with E-state index in [0.717, 1.165) is 53.6 Å². The van der Waals surface area contributed by atoms with Crippen LogP contribution >= 0.6 is 22.9 Å². The summed E-state index contributed by atoms with van der Waals surface area (Å²) in [5.74, 6) is 0.532. The number of imidazole rings is 1. The molecule has 0 radical (unpaired) electrons. The topological polar surface area (TPSA) is 97.1 Å². The van der Waals surface area contributed by atoms with E-state index in [9.17, 15) is 9.59 Å². The Morgan fingerprint density at radius 1 is 1.19 bits per heavy atom. The molecule has 6 rings (SSSR count). The molecule has 0 saturated carbocycles. The summed E-state index contributed by atoms with van der Waals surface area (Å²) in [5, 5.41) is 6.20. The van der Waals surface area contributed by atoms with Crippen LogP contribution in [0.3, 0.4) is 0 Å². The van der Waals surface area contributed by atoms with E-state index in [2.05, 4.69) is 27.1 Å². The number of aromatic amines is 2. The molecule has 1 fully saturated rings. The minimum atomic E-state index is -0.234. The number of amides is 1. The summed E-state index contributed by atoms with van der Waals surface area (Å²) < 4.78 is 0. The first-order valence-electron chi connectivity index (χ1n) is 12.7. The molecule has 4 aromatic rings. The van der Waals surface area contributed by atoms with Gasteiger partial charge in [0.25, 0.3) is 11.5 Å². The third-order valence-corrected chi connectivity index (χ3v) is 8.66. The van der Waals surface area contributed by atoms with Crippen LogP contribution in [0.2, 0.25) is 5.02 Å². The van der Waals surface area contributed by atoms with E-state index < -0.39 is 0 Å². The Kier molecular flexibility index (Phi) is 6.52. The van der Waals surface area contributed by atoms with Crippen molar-refractivity contribution in [2.24, 2.45) is 0 Å². The van der Waals surface area contributed by atoms with Crippen LogP contribution in [0, 0.1) is 0 Å². The van der Waals surface area contributed by atoms with Crippen molar-refractivity contribution in [2.45, 2.75) is 38.8 Å². The van der Waals surface area contributed by atoms with E-state index in [1.165, 1.54) is 12.8 Å². The lowest BCUT2D eigenvalue weighted by atomic mass is 10.1. The Hall–Kier alpha value is -3.14. The van der Waals surface area contributed by atoms with Gasteiger partial charge in [0.2, 0.25) is 0 Å². The first-order chi connectivity index (χ1) is 18.0. The molecule has 1 atom stereocenters. The van der Waals surface area contributed by atoms with Gasteiger partial charge in [0, 0.05) is 48.7 Å². The van der Waals surface area contributed by atoms with Crippen molar-refractivity contribution in [1.82, 2.24) is 24.8 Å². The number of nitrogens with one attached hydrogen (secondary N) is 3. The Bertz CT molecular complexity index is 1520. The molecule has 3 N–H and O–H groups in total. The molecule has 8 nitrogen and oxygen atoms in total. The molecule has 2 aliphatic rings. The van der Waals surface area contributed by atoms with Gasteiger partial charge >= 0.3 is 0 Å². The van der Waals surface area contributed by atoms with Crippen LogP contribution in [-0.2, 0) is 13.0 Å². The number of H-pyrrole nitrogens is 2. The van der Waals surface area contributed by atoms with Gasteiger partial charge < -0.3 is 25.1 Å². The molecule has 3 aromatic heterocycles. The number of carbonyl (C=O) groups excluding carboxylic acids is 1. The van der Waals surface area contributed by atoms with E-state index in [1.807, 2.05) is 34.5 Å². The Labute approximate surface area is 223 Å². The number of anilines is 1. The van der Waals surface area contributed by atoms with Gasteiger partial charge in [0.15, 0.2) is 0 Å². The number of thiophene rings is 1. The highest BCUT2D eigenvalue weighted by atomic mass is 35.5. The summed E-state index contributed by atoms with van der Waals surface area (Å²) in [6.07, 6.45) is 4.87. The number of benzene rings is 1. The van der Waals surface area contributed by atoms with E-state index in [0.29, 0.717) is 34.7 Å². The van der Waals surface area contributed by atoms with Gasteiger partial charge in [0.1, 0.15) is 11.4 Å². The summed E-state index contributed by atoms with van der Waals surface area (Å²) in [5.41, 5.74) is 4.10. The van der Waals surface area contributed by atoms with Crippen LogP contribution in [0.5, 0.6) is 0 Å². The van der Waals surface area contributed by atoms with Gasteiger partial charge in [-0.2, -0.15) is 0 Å². The Morgan fingerprint density at radius 3 is 2.81 bits per heavy atom. The largest absolute Gasteiger partial charge is 0.381 e. The number of pyridine rings is 1. The fourth-order valence-electron chi connectivity index (χ4n) is 5.35. The monoisotopic (exact) mass is 536 g/mol. The molecular formula is C27H29ClN6O2S. The van der Waals surface area contributed by atoms with Crippen LogP contribution in [0.1, 0.15) is 40.6 Å². The van der Waals surface area contributed by atoms with Crippen LogP contribution < -0.4 is 10.9 Å². The molecule has 37 heavy (non-hydrogen) atoms. The van der Waals surface area contributed by atoms with Gasteiger partial charge in [-0.1, -0.05) is 11.6 Å². The summed E-state index contributed by atoms with van der Waals surface area (Å²) in [4.78, 5) is 42.3. The second-order valence-electron chi connectivity index (χ2n) is 9.92.